The van der Waals surface area contributed by atoms with Crippen molar-refractivity contribution in [2.24, 2.45) is 0 Å². The number of halogens is 2. The smallest absolute Gasteiger partial charge is 0.146 e. The summed E-state index contributed by atoms with van der Waals surface area (Å²) in [4.78, 5) is 0. The van der Waals surface area contributed by atoms with E-state index in [2.05, 4.69) is 5.32 Å². The molecule has 2 nitrogen and oxygen atoms in total. The Labute approximate surface area is 122 Å². The van der Waals surface area contributed by atoms with Crippen LogP contribution >= 0.6 is 11.6 Å². The lowest BCUT2D eigenvalue weighted by molar-refractivity contribution is 0.471. The van der Waals surface area contributed by atoms with E-state index in [1.54, 1.807) is 18.2 Å². The molecule has 0 aromatic heterocycles. The third-order valence-electron chi connectivity index (χ3n) is 3.70. The molecule has 2 N–H and O–H groups in total. The average Bonchev–Trinajstić information content (AvgIpc) is 2.43. The molecule has 1 aliphatic carbocycles. The van der Waals surface area contributed by atoms with Gasteiger partial charge in [-0.25, -0.2) is 4.39 Å². The van der Waals surface area contributed by atoms with Crippen LogP contribution in [0.3, 0.4) is 0 Å². The number of aromatic hydroxyl groups is 1. The van der Waals surface area contributed by atoms with Gasteiger partial charge in [-0.15, -0.1) is 0 Å². The van der Waals surface area contributed by atoms with Gasteiger partial charge in [0.05, 0.1) is 11.7 Å². The molecule has 20 heavy (non-hydrogen) atoms. The summed E-state index contributed by atoms with van der Waals surface area (Å²) < 4.78 is 13.8. The van der Waals surface area contributed by atoms with Crippen LogP contribution in [0.25, 0.3) is 0 Å². The Hall–Kier alpha value is -1.74. The summed E-state index contributed by atoms with van der Waals surface area (Å²) in [5.74, 6) is -0.0781. The maximum Gasteiger partial charge on any atom is 0.146 e. The standard InChI is InChI=1S/C16H15ClFNO/c17-11-5-7-14(18)16(8-11)19-15-3-1-2-10-4-6-12(20)9-13(10)15/h4-9,15,19-20H,1-3H2. The largest absolute Gasteiger partial charge is 0.508 e. The quantitative estimate of drug-likeness (QED) is 0.842. The topological polar surface area (TPSA) is 32.3 Å². The summed E-state index contributed by atoms with van der Waals surface area (Å²) >= 11 is 5.91. The highest BCUT2D eigenvalue weighted by Crippen LogP contribution is 2.35. The molecule has 0 saturated carbocycles. The number of anilines is 1. The van der Waals surface area contributed by atoms with Gasteiger partial charge in [-0.2, -0.15) is 0 Å². The summed E-state index contributed by atoms with van der Waals surface area (Å²) in [5, 5.41) is 13.4. The Morgan fingerprint density at radius 2 is 2.05 bits per heavy atom. The van der Waals surface area contributed by atoms with E-state index in [1.165, 1.54) is 17.7 Å². The van der Waals surface area contributed by atoms with E-state index in [-0.39, 0.29) is 17.6 Å². The van der Waals surface area contributed by atoms with Crippen LogP contribution in [0, 0.1) is 5.82 Å². The van der Waals surface area contributed by atoms with E-state index in [0.717, 1.165) is 24.8 Å². The molecule has 4 heteroatoms. The fourth-order valence-corrected chi connectivity index (χ4v) is 2.90. The van der Waals surface area contributed by atoms with Crippen LogP contribution in [-0.2, 0) is 6.42 Å². The zero-order chi connectivity index (χ0) is 14.1. The molecule has 0 heterocycles. The average molecular weight is 292 g/mol. The Bertz CT molecular complexity index is 644. The Morgan fingerprint density at radius 1 is 1.20 bits per heavy atom. The van der Waals surface area contributed by atoms with Gasteiger partial charge in [0, 0.05) is 5.02 Å². The number of hydrogen-bond donors (Lipinski definition) is 2. The lowest BCUT2D eigenvalue weighted by Gasteiger charge is -2.27. The highest BCUT2D eigenvalue weighted by atomic mass is 35.5. The number of benzene rings is 2. The van der Waals surface area contributed by atoms with Crippen molar-refractivity contribution >= 4 is 17.3 Å². The predicted molar refractivity (Wildman–Crippen MR) is 78.8 cm³/mol. The molecule has 1 unspecified atom stereocenters. The lowest BCUT2D eigenvalue weighted by atomic mass is 9.87. The van der Waals surface area contributed by atoms with Crippen molar-refractivity contribution in [1.82, 2.24) is 0 Å². The molecule has 0 fully saturated rings. The SMILES string of the molecule is Oc1ccc2c(c1)C(Nc1cc(Cl)ccc1F)CCC2. The van der Waals surface area contributed by atoms with Gasteiger partial charge in [-0.05, 0) is 60.7 Å². The molecule has 1 atom stereocenters. The van der Waals surface area contributed by atoms with Gasteiger partial charge in [0.1, 0.15) is 11.6 Å². The number of fused-ring (bicyclic) bond motifs is 1. The van der Waals surface area contributed by atoms with Crippen LogP contribution < -0.4 is 5.32 Å². The van der Waals surface area contributed by atoms with E-state index >= 15 is 0 Å². The first-order valence-corrected chi connectivity index (χ1v) is 7.04. The molecule has 1 aliphatic rings. The van der Waals surface area contributed by atoms with E-state index in [4.69, 9.17) is 11.6 Å². The molecular weight excluding hydrogens is 277 g/mol. The first-order chi connectivity index (χ1) is 9.63. The third-order valence-corrected chi connectivity index (χ3v) is 3.94. The lowest BCUT2D eigenvalue weighted by Crippen LogP contribution is -2.17. The Morgan fingerprint density at radius 3 is 2.90 bits per heavy atom. The van der Waals surface area contributed by atoms with Crippen LogP contribution in [0.15, 0.2) is 36.4 Å². The fourth-order valence-electron chi connectivity index (χ4n) is 2.73. The normalized spacial score (nSPS) is 17.6. The molecule has 104 valence electrons. The van der Waals surface area contributed by atoms with Gasteiger partial charge in [0.2, 0.25) is 0 Å². The summed E-state index contributed by atoms with van der Waals surface area (Å²) in [6.07, 6.45) is 2.94. The van der Waals surface area contributed by atoms with Crippen molar-refractivity contribution in [2.45, 2.75) is 25.3 Å². The molecule has 2 aromatic carbocycles. The first-order valence-electron chi connectivity index (χ1n) is 6.67. The maximum atomic E-state index is 13.8. The summed E-state index contributed by atoms with van der Waals surface area (Å²) in [6, 6.07) is 9.87. The van der Waals surface area contributed by atoms with Crippen molar-refractivity contribution < 1.29 is 9.50 Å². The van der Waals surface area contributed by atoms with Crippen LogP contribution in [0.5, 0.6) is 5.75 Å². The number of phenolic OH excluding ortho intramolecular Hbond substituents is 1. The van der Waals surface area contributed by atoms with E-state index in [9.17, 15) is 9.50 Å². The molecule has 0 radical (unpaired) electrons. The number of nitrogens with one attached hydrogen (secondary N) is 1. The minimum Gasteiger partial charge on any atom is -0.508 e. The van der Waals surface area contributed by atoms with Gasteiger partial charge in [-0.1, -0.05) is 17.7 Å². The maximum absolute atomic E-state index is 13.8. The molecule has 0 amide bonds. The summed E-state index contributed by atoms with van der Waals surface area (Å²) in [7, 11) is 0. The van der Waals surface area contributed by atoms with Gasteiger partial charge in [0.15, 0.2) is 0 Å². The van der Waals surface area contributed by atoms with Crippen LogP contribution in [-0.4, -0.2) is 5.11 Å². The van der Waals surface area contributed by atoms with Crippen LogP contribution in [0.1, 0.15) is 30.0 Å². The Balaban J connectivity index is 1.93. The monoisotopic (exact) mass is 291 g/mol. The fraction of sp³-hybridized carbons (Fsp3) is 0.250. The van der Waals surface area contributed by atoms with E-state index in [1.807, 2.05) is 6.07 Å². The van der Waals surface area contributed by atoms with Gasteiger partial charge < -0.3 is 10.4 Å². The molecule has 0 bridgehead atoms. The Kier molecular flexibility index (Phi) is 3.53. The zero-order valence-electron chi connectivity index (χ0n) is 10.9. The van der Waals surface area contributed by atoms with E-state index < -0.39 is 0 Å². The number of rotatable bonds is 2. The molecule has 3 rings (SSSR count). The summed E-state index contributed by atoms with van der Waals surface area (Å²) in [6.45, 7) is 0. The van der Waals surface area contributed by atoms with Gasteiger partial charge in [-0.3, -0.25) is 0 Å². The molecule has 0 spiro atoms. The van der Waals surface area contributed by atoms with Crippen molar-refractivity contribution in [3.8, 4) is 5.75 Å². The second kappa shape index (κ2) is 5.33. The third kappa shape index (κ3) is 2.59. The number of aryl methyl sites for hydroxylation is 1. The van der Waals surface area contributed by atoms with Crippen molar-refractivity contribution in [2.75, 3.05) is 5.32 Å². The van der Waals surface area contributed by atoms with Crippen molar-refractivity contribution in [3.63, 3.8) is 0 Å². The molecule has 2 aromatic rings. The molecule has 0 aliphatic heterocycles. The highest BCUT2D eigenvalue weighted by molar-refractivity contribution is 6.30. The minimum absolute atomic E-state index is 0.00110. The number of phenols is 1. The zero-order valence-corrected chi connectivity index (χ0v) is 11.6. The predicted octanol–water partition coefficient (Wildman–Crippen LogP) is 4.67. The van der Waals surface area contributed by atoms with Crippen LogP contribution in [0.4, 0.5) is 10.1 Å². The van der Waals surface area contributed by atoms with Crippen molar-refractivity contribution in [3.05, 3.63) is 58.4 Å². The second-order valence-corrected chi connectivity index (χ2v) is 5.53. The van der Waals surface area contributed by atoms with Crippen LogP contribution in [0.2, 0.25) is 5.02 Å². The highest BCUT2D eigenvalue weighted by Gasteiger charge is 2.21. The van der Waals surface area contributed by atoms with Gasteiger partial charge in [0.25, 0.3) is 0 Å². The van der Waals surface area contributed by atoms with Crippen molar-refractivity contribution in [1.29, 1.82) is 0 Å². The number of hydrogen-bond acceptors (Lipinski definition) is 2. The minimum atomic E-state index is -0.318. The van der Waals surface area contributed by atoms with Gasteiger partial charge >= 0.3 is 0 Å². The second-order valence-electron chi connectivity index (χ2n) is 5.10. The van der Waals surface area contributed by atoms with E-state index in [0.29, 0.717) is 10.7 Å². The summed E-state index contributed by atoms with van der Waals surface area (Å²) in [5.41, 5.74) is 2.64. The molecule has 0 saturated heterocycles. The first kappa shape index (κ1) is 13.3. The molecular formula is C16H15ClFNO.